The number of nitrogens with zero attached hydrogens (tertiary/aromatic N) is 2. The van der Waals surface area contributed by atoms with Gasteiger partial charge in [0.2, 0.25) is 0 Å². The third-order valence-electron chi connectivity index (χ3n) is 5.03. The number of hydrogen-bond donors (Lipinski definition) is 0. The SMILES string of the molecule is Cc1ccc(Sc2ncccc2C(=O)N(C)CCCOc2cccc(S(C)(=O)=O)c2)c(C)c1. The van der Waals surface area contributed by atoms with Crippen molar-refractivity contribution in [2.24, 2.45) is 0 Å². The first-order chi connectivity index (χ1) is 15.6. The molecule has 0 aliphatic rings. The lowest BCUT2D eigenvalue weighted by atomic mass is 10.2. The molecule has 6 nitrogen and oxygen atoms in total. The summed E-state index contributed by atoms with van der Waals surface area (Å²) in [7, 11) is -1.53. The molecule has 0 atom stereocenters. The zero-order valence-corrected chi connectivity index (χ0v) is 20.9. The van der Waals surface area contributed by atoms with Crippen LogP contribution in [0.5, 0.6) is 5.75 Å². The highest BCUT2D eigenvalue weighted by Gasteiger charge is 2.18. The van der Waals surface area contributed by atoms with Crippen LogP contribution in [0.15, 0.2) is 75.6 Å². The Labute approximate surface area is 199 Å². The van der Waals surface area contributed by atoms with E-state index < -0.39 is 9.84 Å². The average Bonchev–Trinajstić information content (AvgIpc) is 2.78. The monoisotopic (exact) mass is 484 g/mol. The van der Waals surface area contributed by atoms with E-state index in [0.29, 0.717) is 35.9 Å². The Hall–Kier alpha value is -2.84. The number of carbonyl (C=O) groups excluding carboxylic acids is 1. The zero-order chi connectivity index (χ0) is 24.0. The normalized spacial score (nSPS) is 11.3. The van der Waals surface area contributed by atoms with E-state index in [0.717, 1.165) is 16.7 Å². The van der Waals surface area contributed by atoms with Crippen LogP contribution in [0.3, 0.4) is 0 Å². The van der Waals surface area contributed by atoms with E-state index in [2.05, 4.69) is 37.0 Å². The fraction of sp³-hybridized carbons (Fsp3) is 0.280. The molecule has 33 heavy (non-hydrogen) atoms. The second-order valence-electron chi connectivity index (χ2n) is 7.90. The molecule has 2 aromatic carbocycles. The minimum absolute atomic E-state index is 0.102. The van der Waals surface area contributed by atoms with Gasteiger partial charge in [0, 0.05) is 30.9 Å². The van der Waals surface area contributed by atoms with Gasteiger partial charge < -0.3 is 9.64 Å². The van der Waals surface area contributed by atoms with Gasteiger partial charge in [0.25, 0.3) is 5.91 Å². The van der Waals surface area contributed by atoms with Crippen LogP contribution >= 0.6 is 11.8 Å². The molecule has 0 unspecified atom stereocenters. The summed E-state index contributed by atoms with van der Waals surface area (Å²) in [6.07, 6.45) is 3.46. The summed E-state index contributed by atoms with van der Waals surface area (Å²) >= 11 is 1.49. The van der Waals surface area contributed by atoms with Crippen LogP contribution in [0.4, 0.5) is 0 Å². The third kappa shape index (κ3) is 6.82. The molecule has 1 heterocycles. The van der Waals surface area contributed by atoms with Crippen molar-refractivity contribution < 1.29 is 17.9 Å². The Morgan fingerprint density at radius 2 is 1.88 bits per heavy atom. The Balaban J connectivity index is 1.59. The molecule has 1 amide bonds. The number of rotatable bonds is 9. The number of sulfone groups is 1. The lowest BCUT2D eigenvalue weighted by molar-refractivity contribution is 0.0783. The van der Waals surface area contributed by atoms with E-state index in [1.165, 1.54) is 29.5 Å². The number of amides is 1. The van der Waals surface area contributed by atoms with E-state index in [4.69, 9.17) is 4.74 Å². The largest absolute Gasteiger partial charge is 0.493 e. The van der Waals surface area contributed by atoms with Crippen molar-refractivity contribution in [1.29, 1.82) is 0 Å². The Morgan fingerprint density at radius 3 is 2.61 bits per heavy atom. The molecule has 0 fully saturated rings. The number of aryl methyl sites for hydroxylation is 2. The molecule has 0 spiro atoms. The van der Waals surface area contributed by atoms with Gasteiger partial charge in [-0.05, 0) is 62.2 Å². The number of pyridine rings is 1. The highest BCUT2D eigenvalue weighted by atomic mass is 32.2. The molecular formula is C25H28N2O4S2. The summed E-state index contributed by atoms with van der Waals surface area (Å²) in [6, 6.07) is 16.2. The van der Waals surface area contributed by atoms with Gasteiger partial charge in [-0.15, -0.1) is 0 Å². The standard InChI is InChI=1S/C25H28N2O4S2/c1-18-11-12-23(19(2)16-18)32-24-22(10-6-13-26-24)25(28)27(3)14-7-15-31-20-8-5-9-21(17-20)33(4,29)30/h5-6,8-13,16-17H,7,14-15H2,1-4H3. The van der Waals surface area contributed by atoms with Crippen LogP contribution in [0.25, 0.3) is 0 Å². The summed E-state index contributed by atoms with van der Waals surface area (Å²) in [4.78, 5) is 20.5. The zero-order valence-electron chi connectivity index (χ0n) is 19.2. The Kier molecular flexibility index (Phi) is 8.15. The molecule has 0 N–H and O–H groups in total. The van der Waals surface area contributed by atoms with Gasteiger partial charge in [-0.3, -0.25) is 4.79 Å². The molecular weight excluding hydrogens is 456 g/mol. The Bertz CT molecular complexity index is 1240. The molecule has 0 saturated carbocycles. The number of ether oxygens (including phenoxy) is 1. The van der Waals surface area contributed by atoms with Gasteiger partial charge in [0.05, 0.1) is 17.1 Å². The first-order valence-corrected chi connectivity index (χ1v) is 13.2. The Morgan fingerprint density at radius 1 is 1.09 bits per heavy atom. The van der Waals surface area contributed by atoms with Crippen molar-refractivity contribution in [2.75, 3.05) is 26.5 Å². The fourth-order valence-corrected chi connectivity index (χ4v) is 4.85. The topological polar surface area (TPSA) is 76.6 Å². The molecule has 1 aromatic heterocycles. The van der Waals surface area contributed by atoms with Crippen LogP contribution in [0.2, 0.25) is 0 Å². The van der Waals surface area contributed by atoms with E-state index in [9.17, 15) is 13.2 Å². The minimum atomic E-state index is -3.28. The average molecular weight is 485 g/mol. The summed E-state index contributed by atoms with van der Waals surface area (Å²) in [6.45, 7) is 4.96. The maximum atomic E-state index is 13.1. The smallest absolute Gasteiger partial charge is 0.256 e. The first kappa shape index (κ1) is 24.8. The van der Waals surface area contributed by atoms with Crippen molar-refractivity contribution in [3.05, 3.63) is 77.5 Å². The summed E-state index contributed by atoms with van der Waals surface area (Å²) in [5.74, 6) is 0.390. The van der Waals surface area contributed by atoms with E-state index in [1.807, 2.05) is 0 Å². The number of benzene rings is 2. The molecule has 3 aromatic rings. The van der Waals surface area contributed by atoms with Gasteiger partial charge in [0.15, 0.2) is 9.84 Å². The predicted molar refractivity (Wildman–Crippen MR) is 131 cm³/mol. The van der Waals surface area contributed by atoms with Crippen molar-refractivity contribution >= 4 is 27.5 Å². The van der Waals surface area contributed by atoms with Gasteiger partial charge in [-0.2, -0.15) is 0 Å². The van der Waals surface area contributed by atoms with Gasteiger partial charge in [-0.1, -0.05) is 35.5 Å². The van der Waals surface area contributed by atoms with Gasteiger partial charge >= 0.3 is 0 Å². The first-order valence-electron chi connectivity index (χ1n) is 10.5. The van der Waals surface area contributed by atoms with Crippen molar-refractivity contribution in [3.63, 3.8) is 0 Å². The van der Waals surface area contributed by atoms with Crippen LogP contribution in [-0.2, 0) is 9.84 Å². The van der Waals surface area contributed by atoms with Crippen LogP contribution in [0.1, 0.15) is 27.9 Å². The van der Waals surface area contributed by atoms with Crippen LogP contribution in [-0.4, -0.2) is 50.7 Å². The molecule has 3 rings (SSSR count). The van der Waals surface area contributed by atoms with E-state index >= 15 is 0 Å². The van der Waals surface area contributed by atoms with E-state index in [1.54, 1.807) is 42.4 Å². The summed E-state index contributed by atoms with van der Waals surface area (Å²) in [5, 5.41) is 0.676. The lowest BCUT2D eigenvalue weighted by Gasteiger charge is -2.19. The van der Waals surface area contributed by atoms with Crippen LogP contribution < -0.4 is 4.74 Å². The minimum Gasteiger partial charge on any atom is -0.493 e. The number of aromatic nitrogens is 1. The lowest BCUT2D eigenvalue weighted by Crippen LogP contribution is -2.29. The summed E-state index contributed by atoms with van der Waals surface area (Å²) in [5.41, 5.74) is 2.90. The molecule has 8 heteroatoms. The second kappa shape index (κ2) is 10.9. The van der Waals surface area contributed by atoms with E-state index in [-0.39, 0.29) is 10.8 Å². The van der Waals surface area contributed by atoms with Crippen molar-refractivity contribution in [2.45, 2.75) is 35.1 Å². The molecule has 0 radical (unpaired) electrons. The highest BCUT2D eigenvalue weighted by molar-refractivity contribution is 7.99. The second-order valence-corrected chi connectivity index (χ2v) is 10.9. The number of carbonyl (C=O) groups is 1. The number of hydrogen-bond acceptors (Lipinski definition) is 6. The van der Waals surface area contributed by atoms with Crippen LogP contribution in [0, 0.1) is 13.8 Å². The molecule has 0 saturated heterocycles. The van der Waals surface area contributed by atoms with Gasteiger partial charge in [-0.25, -0.2) is 13.4 Å². The molecule has 174 valence electrons. The maximum absolute atomic E-state index is 13.1. The van der Waals surface area contributed by atoms with Crippen molar-refractivity contribution in [1.82, 2.24) is 9.88 Å². The highest BCUT2D eigenvalue weighted by Crippen LogP contribution is 2.32. The van der Waals surface area contributed by atoms with Crippen molar-refractivity contribution in [3.8, 4) is 5.75 Å². The quantitative estimate of drug-likeness (QED) is 0.406. The third-order valence-corrected chi connectivity index (χ3v) is 7.33. The summed E-state index contributed by atoms with van der Waals surface area (Å²) < 4.78 is 29.1. The molecule has 0 aliphatic carbocycles. The fourth-order valence-electron chi connectivity index (χ4n) is 3.25. The molecule has 0 bridgehead atoms. The predicted octanol–water partition coefficient (Wildman–Crippen LogP) is 4.79. The van der Waals surface area contributed by atoms with Gasteiger partial charge in [0.1, 0.15) is 10.8 Å². The molecule has 0 aliphatic heterocycles. The maximum Gasteiger partial charge on any atom is 0.256 e.